The molecule has 0 aliphatic carbocycles. The zero-order chi connectivity index (χ0) is 18.7. The molecular weight excluding hydrogens is 402 g/mol. The monoisotopic (exact) mass is 412 g/mol. The summed E-state index contributed by atoms with van der Waals surface area (Å²) in [7, 11) is 0. The van der Waals surface area contributed by atoms with Crippen LogP contribution in [-0.2, 0) is 11.2 Å². The topological polar surface area (TPSA) is 55.1 Å². The molecule has 8 heteroatoms. The zero-order valence-corrected chi connectivity index (χ0v) is 15.5. The van der Waals surface area contributed by atoms with Crippen LogP contribution in [0.5, 0.6) is 0 Å². The van der Waals surface area contributed by atoms with E-state index in [9.17, 15) is 9.18 Å². The first-order chi connectivity index (χ1) is 12.4. The molecule has 0 saturated heterocycles. The number of carbonyl (C=O) groups is 1. The van der Waals surface area contributed by atoms with Gasteiger partial charge >= 0.3 is 0 Å². The molecule has 4 nitrogen and oxygen atoms in total. The second-order valence-corrected chi connectivity index (χ2v) is 6.64. The van der Waals surface area contributed by atoms with E-state index in [1.807, 2.05) is 0 Å². The standard InChI is InChI=1S/C18H12Cl3FN2O2/c19-10-4-5-11(13(21)8-10)15-9-23-17(26-15)7-6-16(25)24-14-3-1-2-12(20)18(14)22/h1-5,8-9H,6-7H2,(H,24,25). The van der Waals surface area contributed by atoms with Crippen molar-refractivity contribution in [3.05, 3.63) is 69.4 Å². The molecule has 0 aliphatic rings. The van der Waals surface area contributed by atoms with Crippen molar-refractivity contribution >= 4 is 46.4 Å². The van der Waals surface area contributed by atoms with Crippen molar-refractivity contribution in [3.8, 4) is 11.3 Å². The number of halogens is 4. The van der Waals surface area contributed by atoms with Crippen LogP contribution in [0.3, 0.4) is 0 Å². The quantitative estimate of drug-likeness (QED) is 0.557. The molecule has 0 radical (unpaired) electrons. The molecule has 0 aliphatic heterocycles. The molecule has 0 atom stereocenters. The summed E-state index contributed by atoms with van der Waals surface area (Å²) in [5.74, 6) is -0.204. The molecule has 2 aromatic carbocycles. The van der Waals surface area contributed by atoms with Crippen molar-refractivity contribution in [2.75, 3.05) is 5.32 Å². The molecule has 0 unspecified atom stereocenters. The molecule has 1 amide bonds. The van der Waals surface area contributed by atoms with Gasteiger partial charge in [0.25, 0.3) is 0 Å². The minimum Gasteiger partial charge on any atom is -0.441 e. The second-order valence-electron chi connectivity index (χ2n) is 5.39. The Balaban J connectivity index is 1.63. The van der Waals surface area contributed by atoms with E-state index < -0.39 is 5.82 Å². The minimum absolute atomic E-state index is 0.0311. The van der Waals surface area contributed by atoms with Crippen molar-refractivity contribution in [2.45, 2.75) is 12.8 Å². The van der Waals surface area contributed by atoms with Crippen molar-refractivity contribution in [1.82, 2.24) is 4.98 Å². The predicted octanol–water partition coefficient (Wildman–Crippen LogP) is 6.01. The summed E-state index contributed by atoms with van der Waals surface area (Å²) in [4.78, 5) is 16.1. The summed E-state index contributed by atoms with van der Waals surface area (Å²) >= 11 is 17.7. The van der Waals surface area contributed by atoms with E-state index >= 15 is 0 Å². The Hall–Kier alpha value is -2.08. The molecule has 0 bridgehead atoms. The summed E-state index contributed by atoms with van der Waals surface area (Å²) in [5, 5.41) is 3.37. The summed E-state index contributed by atoms with van der Waals surface area (Å²) in [5.41, 5.74) is 0.684. The molecule has 0 spiro atoms. The Labute approximate surface area is 163 Å². The van der Waals surface area contributed by atoms with Crippen LogP contribution in [-0.4, -0.2) is 10.9 Å². The molecule has 0 fully saturated rings. The highest BCUT2D eigenvalue weighted by molar-refractivity contribution is 6.36. The first-order valence-corrected chi connectivity index (χ1v) is 8.71. The Morgan fingerprint density at radius 2 is 1.96 bits per heavy atom. The van der Waals surface area contributed by atoms with E-state index in [1.54, 1.807) is 24.3 Å². The lowest BCUT2D eigenvalue weighted by atomic mass is 10.2. The van der Waals surface area contributed by atoms with Gasteiger partial charge in [0.05, 0.1) is 21.9 Å². The molecule has 1 heterocycles. The fourth-order valence-electron chi connectivity index (χ4n) is 2.27. The minimum atomic E-state index is -0.668. The van der Waals surface area contributed by atoms with Crippen molar-refractivity contribution < 1.29 is 13.6 Å². The van der Waals surface area contributed by atoms with Crippen LogP contribution in [0.15, 0.2) is 47.0 Å². The third kappa shape index (κ3) is 4.36. The maximum atomic E-state index is 13.8. The SMILES string of the molecule is O=C(CCc1ncc(-c2ccc(Cl)cc2Cl)o1)Nc1cccc(Cl)c1F. The smallest absolute Gasteiger partial charge is 0.224 e. The fourth-order valence-corrected chi connectivity index (χ4v) is 2.95. The molecule has 1 N–H and O–H groups in total. The Kier molecular flexibility index (Phi) is 5.81. The molecule has 26 heavy (non-hydrogen) atoms. The highest BCUT2D eigenvalue weighted by Crippen LogP contribution is 2.31. The van der Waals surface area contributed by atoms with E-state index in [0.717, 1.165) is 0 Å². The summed E-state index contributed by atoms with van der Waals surface area (Å²) in [6.45, 7) is 0. The predicted molar refractivity (Wildman–Crippen MR) is 100 cm³/mol. The number of aromatic nitrogens is 1. The normalized spacial score (nSPS) is 10.8. The largest absolute Gasteiger partial charge is 0.441 e. The van der Waals surface area contributed by atoms with Gasteiger partial charge in [0.1, 0.15) is 0 Å². The number of oxazole rings is 1. The van der Waals surface area contributed by atoms with Gasteiger partial charge in [0.2, 0.25) is 5.91 Å². The van der Waals surface area contributed by atoms with Crippen LogP contribution in [0.4, 0.5) is 10.1 Å². The van der Waals surface area contributed by atoms with E-state index in [2.05, 4.69) is 10.3 Å². The Morgan fingerprint density at radius 3 is 2.73 bits per heavy atom. The number of hydrogen-bond acceptors (Lipinski definition) is 3. The van der Waals surface area contributed by atoms with Crippen molar-refractivity contribution in [1.29, 1.82) is 0 Å². The summed E-state index contributed by atoms with van der Waals surface area (Å²) in [6, 6.07) is 9.42. The number of nitrogens with zero attached hydrogens (tertiary/aromatic N) is 1. The number of benzene rings is 2. The maximum Gasteiger partial charge on any atom is 0.224 e. The zero-order valence-electron chi connectivity index (χ0n) is 13.2. The highest BCUT2D eigenvalue weighted by atomic mass is 35.5. The lowest BCUT2D eigenvalue weighted by Gasteiger charge is -2.06. The third-order valence-corrected chi connectivity index (χ3v) is 4.38. The van der Waals surface area contributed by atoms with Crippen LogP contribution in [0.1, 0.15) is 12.3 Å². The van der Waals surface area contributed by atoms with Crippen LogP contribution in [0, 0.1) is 5.82 Å². The number of hydrogen-bond donors (Lipinski definition) is 1. The van der Waals surface area contributed by atoms with Crippen molar-refractivity contribution in [3.63, 3.8) is 0 Å². The Morgan fingerprint density at radius 1 is 1.15 bits per heavy atom. The first kappa shape index (κ1) is 18.7. The van der Waals surface area contributed by atoms with Gasteiger partial charge in [-0.2, -0.15) is 0 Å². The number of nitrogens with one attached hydrogen (secondary N) is 1. The van der Waals surface area contributed by atoms with Gasteiger partial charge < -0.3 is 9.73 Å². The summed E-state index contributed by atoms with van der Waals surface area (Å²) < 4.78 is 19.4. The summed E-state index contributed by atoms with van der Waals surface area (Å²) in [6.07, 6.45) is 1.85. The van der Waals surface area contributed by atoms with Gasteiger partial charge in [-0.15, -0.1) is 0 Å². The molecular formula is C18H12Cl3FN2O2. The lowest BCUT2D eigenvalue weighted by Crippen LogP contribution is -2.13. The van der Waals surface area contributed by atoms with E-state index in [4.69, 9.17) is 39.2 Å². The third-order valence-electron chi connectivity index (χ3n) is 3.54. The Bertz CT molecular complexity index is 959. The van der Waals surface area contributed by atoms with Crippen molar-refractivity contribution in [2.24, 2.45) is 0 Å². The molecule has 3 rings (SSSR count). The van der Waals surface area contributed by atoms with Gasteiger partial charge in [-0.1, -0.05) is 40.9 Å². The lowest BCUT2D eigenvalue weighted by molar-refractivity contribution is -0.116. The number of anilines is 1. The van der Waals surface area contributed by atoms with Gasteiger partial charge in [0, 0.05) is 23.4 Å². The molecule has 134 valence electrons. The average molecular weight is 414 g/mol. The molecule has 0 saturated carbocycles. The van der Waals surface area contributed by atoms with Crippen LogP contribution < -0.4 is 5.32 Å². The first-order valence-electron chi connectivity index (χ1n) is 7.58. The highest BCUT2D eigenvalue weighted by Gasteiger charge is 2.13. The molecule has 1 aromatic heterocycles. The van der Waals surface area contributed by atoms with Gasteiger partial charge in [-0.3, -0.25) is 4.79 Å². The van der Waals surface area contributed by atoms with Crippen LogP contribution in [0.2, 0.25) is 15.1 Å². The van der Waals surface area contributed by atoms with Crippen LogP contribution in [0.25, 0.3) is 11.3 Å². The van der Waals surface area contributed by atoms with E-state index in [0.29, 0.717) is 27.3 Å². The van der Waals surface area contributed by atoms with E-state index in [1.165, 1.54) is 18.3 Å². The van der Waals surface area contributed by atoms with Gasteiger partial charge in [-0.25, -0.2) is 9.37 Å². The van der Waals surface area contributed by atoms with E-state index in [-0.39, 0.29) is 29.5 Å². The average Bonchev–Trinajstić information content (AvgIpc) is 3.06. The number of carbonyl (C=O) groups excluding carboxylic acids is 1. The number of amides is 1. The molecule has 3 aromatic rings. The maximum absolute atomic E-state index is 13.8. The number of rotatable bonds is 5. The van der Waals surface area contributed by atoms with Gasteiger partial charge in [-0.05, 0) is 30.3 Å². The van der Waals surface area contributed by atoms with Crippen LogP contribution >= 0.6 is 34.8 Å². The fraction of sp³-hybridized carbons (Fsp3) is 0.111. The number of aryl methyl sites for hydroxylation is 1. The second kappa shape index (κ2) is 8.08. The van der Waals surface area contributed by atoms with Gasteiger partial charge in [0.15, 0.2) is 17.5 Å².